The third-order valence-electron chi connectivity index (χ3n) is 2.30. The number of aromatic carboxylic acids is 1. The molecule has 6 nitrogen and oxygen atoms in total. The Bertz CT molecular complexity index is 583. The first-order valence-corrected chi connectivity index (χ1v) is 5.44. The highest BCUT2D eigenvalue weighted by atomic mass is 35.5. The summed E-state index contributed by atoms with van der Waals surface area (Å²) >= 11 is 5.98. The largest absolute Gasteiger partial charge is 0.495 e. The van der Waals surface area contributed by atoms with Gasteiger partial charge in [-0.15, -0.1) is 5.10 Å². The fourth-order valence-electron chi connectivity index (χ4n) is 1.44. The van der Waals surface area contributed by atoms with E-state index in [1.165, 1.54) is 18.1 Å². The molecule has 0 aliphatic carbocycles. The van der Waals surface area contributed by atoms with E-state index >= 15 is 0 Å². The highest BCUT2D eigenvalue weighted by Gasteiger charge is 2.09. The zero-order valence-electron chi connectivity index (χ0n) is 9.50. The van der Waals surface area contributed by atoms with Crippen molar-refractivity contribution in [3.63, 3.8) is 0 Å². The van der Waals surface area contributed by atoms with Gasteiger partial charge in [0.05, 0.1) is 24.9 Å². The number of benzene rings is 1. The van der Waals surface area contributed by atoms with Crippen molar-refractivity contribution in [2.45, 2.75) is 6.54 Å². The van der Waals surface area contributed by atoms with Gasteiger partial charge in [0.25, 0.3) is 0 Å². The number of rotatable bonds is 4. The maximum atomic E-state index is 10.7. The Kier molecular flexibility index (Phi) is 3.47. The van der Waals surface area contributed by atoms with E-state index in [9.17, 15) is 4.79 Å². The molecule has 0 fully saturated rings. The minimum Gasteiger partial charge on any atom is -0.495 e. The number of methoxy groups -OCH3 is 1. The maximum Gasteiger partial charge on any atom is 0.358 e. The highest BCUT2D eigenvalue weighted by Crippen LogP contribution is 2.25. The lowest BCUT2D eigenvalue weighted by molar-refractivity contribution is 0.0689. The second kappa shape index (κ2) is 5.05. The molecule has 0 aliphatic rings. The molecule has 0 saturated carbocycles. The lowest BCUT2D eigenvalue weighted by atomic mass is 10.2. The third kappa shape index (κ3) is 2.60. The van der Waals surface area contributed by atoms with E-state index in [1.54, 1.807) is 12.1 Å². The van der Waals surface area contributed by atoms with Crippen LogP contribution in [0.4, 0.5) is 0 Å². The number of carboxylic acids is 1. The Morgan fingerprint density at radius 3 is 2.89 bits per heavy atom. The van der Waals surface area contributed by atoms with E-state index < -0.39 is 5.97 Å². The van der Waals surface area contributed by atoms with E-state index in [2.05, 4.69) is 10.2 Å². The molecule has 0 spiro atoms. The van der Waals surface area contributed by atoms with Crippen LogP contribution in [0.3, 0.4) is 0 Å². The monoisotopic (exact) mass is 267 g/mol. The minimum absolute atomic E-state index is 0.0883. The summed E-state index contributed by atoms with van der Waals surface area (Å²) in [7, 11) is 1.54. The third-order valence-corrected chi connectivity index (χ3v) is 2.59. The van der Waals surface area contributed by atoms with Crippen LogP contribution in [0.25, 0.3) is 0 Å². The van der Waals surface area contributed by atoms with Gasteiger partial charge in [0.2, 0.25) is 0 Å². The minimum atomic E-state index is -1.10. The van der Waals surface area contributed by atoms with Crippen LogP contribution in [-0.4, -0.2) is 33.2 Å². The zero-order chi connectivity index (χ0) is 13.1. The number of carbonyl (C=O) groups is 1. The first-order chi connectivity index (χ1) is 8.60. The SMILES string of the molecule is COc1ccc(Cn2ncc(C(=O)O)n2)cc1Cl. The molecule has 0 radical (unpaired) electrons. The van der Waals surface area contributed by atoms with E-state index in [0.717, 1.165) is 5.56 Å². The van der Waals surface area contributed by atoms with Gasteiger partial charge < -0.3 is 9.84 Å². The Morgan fingerprint density at radius 2 is 2.33 bits per heavy atom. The van der Waals surface area contributed by atoms with Gasteiger partial charge in [-0.1, -0.05) is 17.7 Å². The molecule has 0 aliphatic heterocycles. The molecule has 1 heterocycles. The van der Waals surface area contributed by atoms with E-state index in [1.807, 2.05) is 6.07 Å². The number of hydrogen-bond donors (Lipinski definition) is 1. The summed E-state index contributed by atoms with van der Waals surface area (Å²) in [5.41, 5.74) is 0.767. The van der Waals surface area contributed by atoms with Gasteiger partial charge in [-0.3, -0.25) is 0 Å². The second-order valence-corrected chi connectivity index (χ2v) is 3.94. The highest BCUT2D eigenvalue weighted by molar-refractivity contribution is 6.32. The topological polar surface area (TPSA) is 77.2 Å². The number of nitrogens with zero attached hydrogens (tertiary/aromatic N) is 3. The standard InChI is InChI=1S/C11H10ClN3O3/c1-18-10-3-2-7(4-8(10)12)6-15-13-5-9(14-15)11(16)17/h2-5H,6H2,1H3,(H,16,17). The lowest BCUT2D eigenvalue weighted by Crippen LogP contribution is -2.05. The predicted molar refractivity (Wildman–Crippen MR) is 64.1 cm³/mol. The second-order valence-electron chi connectivity index (χ2n) is 3.53. The molecule has 1 aromatic carbocycles. The first kappa shape index (κ1) is 12.4. The van der Waals surface area contributed by atoms with Crippen molar-refractivity contribution in [3.05, 3.63) is 40.7 Å². The average Bonchev–Trinajstić information content (AvgIpc) is 2.78. The van der Waals surface area contributed by atoms with Crippen molar-refractivity contribution in [2.24, 2.45) is 0 Å². The van der Waals surface area contributed by atoms with Crippen molar-refractivity contribution >= 4 is 17.6 Å². The van der Waals surface area contributed by atoms with Crippen molar-refractivity contribution in [1.82, 2.24) is 15.0 Å². The lowest BCUT2D eigenvalue weighted by Gasteiger charge is -2.05. The summed E-state index contributed by atoms with van der Waals surface area (Å²) in [6, 6.07) is 5.28. The fourth-order valence-corrected chi connectivity index (χ4v) is 1.72. The molecule has 0 atom stereocenters. The van der Waals surface area contributed by atoms with Gasteiger partial charge in [0, 0.05) is 0 Å². The molecular weight excluding hydrogens is 258 g/mol. The predicted octanol–water partition coefficient (Wildman–Crippen LogP) is 1.69. The van der Waals surface area contributed by atoms with Crippen molar-refractivity contribution in [2.75, 3.05) is 7.11 Å². The number of aromatic nitrogens is 3. The van der Waals surface area contributed by atoms with Crippen molar-refractivity contribution in [3.8, 4) is 5.75 Å². The number of ether oxygens (including phenoxy) is 1. The molecule has 94 valence electrons. The number of halogens is 1. The summed E-state index contributed by atoms with van der Waals surface area (Å²) in [5, 5.41) is 16.9. The smallest absolute Gasteiger partial charge is 0.358 e. The van der Waals surface area contributed by atoms with Crippen LogP contribution in [0, 0.1) is 0 Å². The Balaban J connectivity index is 2.18. The van der Waals surface area contributed by atoms with Crippen LogP contribution in [0.2, 0.25) is 5.02 Å². The van der Waals surface area contributed by atoms with Crippen LogP contribution in [0.15, 0.2) is 24.4 Å². The molecule has 7 heteroatoms. The van der Waals surface area contributed by atoms with Gasteiger partial charge in [-0.25, -0.2) is 4.79 Å². The van der Waals surface area contributed by atoms with Crippen LogP contribution in [-0.2, 0) is 6.54 Å². The van der Waals surface area contributed by atoms with E-state index in [4.69, 9.17) is 21.4 Å². The Labute approximate surface area is 108 Å². The molecular formula is C11H10ClN3O3. The van der Waals surface area contributed by atoms with Gasteiger partial charge in [-0.05, 0) is 17.7 Å². The fraction of sp³-hybridized carbons (Fsp3) is 0.182. The van der Waals surface area contributed by atoms with Gasteiger partial charge >= 0.3 is 5.97 Å². The quantitative estimate of drug-likeness (QED) is 0.912. The molecule has 2 aromatic rings. The number of hydrogen-bond acceptors (Lipinski definition) is 4. The van der Waals surface area contributed by atoms with E-state index in [0.29, 0.717) is 17.3 Å². The van der Waals surface area contributed by atoms with Crippen molar-refractivity contribution in [1.29, 1.82) is 0 Å². The van der Waals surface area contributed by atoms with Crippen LogP contribution >= 0.6 is 11.6 Å². The summed E-state index contributed by atoms with van der Waals surface area (Å²) in [5.74, 6) is -0.519. The summed E-state index contributed by atoms with van der Waals surface area (Å²) < 4.78 is 5.04. The van der Waals surface area contributed by atoms with Crippen molar-refractivity contribution < 1.29 is 14.6 Å². The van der Waals surface area contributed by atoms with Crippen LogP contribution in [0.1, 0.15) is 16.1 Å². The maximum absolute atomic E-state index is 10.7. The average molecular weight is 268 g/mol. The first-order valence-electron chi connectivity index (χ1n) is 5.06. The normalized spacial score (nSPS) is 10.3. The molecule has 0 amide bonds. The Morgan fingerprint density at radius 1 is 1.56 bits per heavy atom. The molecule has 0 bridgehead atoms. The van der Waals surface area contributed by atoms with Crippen LogP contribution < -0.4 is 4.74 Å². The zero-order valence-corrected chi connectivity index (χ0v) is 10.3. The van der Waals surface area contributed by atoms with E-state index in [-0.39, 0.29) is 5.69 Å². The summed E-state index contributed by atoms with van der Waals surface area (Å²) in [6.45, 7) is 0.344. The van der Waals surface area contributed by atoms with Gasteiger partial charge in [-0.2, -0.15) is 9.90 Å². The number of carboxylic acid groups (broad SMARTS) is 1. The molecule has 1 N–H and O–H groups in total. The molecule has 0 saturated heterocycles. The summed E-state index contributed by atoms with van der Waals surface area (Å²) in [6.07, 6.45) is 1.20. The molecule has 18 heavy (non-hydrogen) atoms. The molecule has 1 aromatic heterocycles. The Hall–Kier alpha value is -2.08. The molecule has 2 rings (SSSR count). The summed E-state index contributed by atoms with van der Waals surface area (Å²) in [4.78, 5) is 11.9. The molecule has 0 unspecified atom stereocenters. The van der Waals surface area contributed by atoms with Gasteiger partial charge in [0.1, 0.15) is 5.75 Å². The van der Waals surface area contributed by atoms with Crippen LogP contribution in [0.5, 0.6) is 5.75 Å². The van der Waals surface area contributed by atoms with Gasteiger partial charge in [0.15, 0.2) is 5.69 Å².